The van der Waals surface area contributed by atoms with Crippen LogP contribution in [0, 0.1) is 0 Å². The highest BCUT2D eigenvalue weighted by atomic mass is 79.9. The summed E-state index contributed by atoms with van der Waals surface area (Å²) in [5, 5.41) is 0.274. The Balaban J connectivity index is 1.71. The number of nitrogens with zero attached hydrogens (tertiary/aromatic N) is 2. The van der Waals surface area contributed by atoms with Crippen LogP contribution in [0.2, 0.25) is 5.02 Å². The second kappa shape index (κ2) is 6.77. The van der Waals surface area contributed by atoms with E-state index in [1.54, 1.807) is 22.5 Å². The molecule has 1 aromatic rings. The normalized spacial score (nSPS) is 22.3. The molecule has 0 N–H and O–H groups in total. The largest absolute Gasteiger partial charge is 0.300 e. The highest BCUT2D eigenvalue weighted by Gasteiger charge is 2.33. The summed E-state index contributed by atoms with van der Waals surface area (Å²) >= 11 is 9.43. The van der Waals surface area contributed by atoms with Crippen molar-refractivity contribution in [2.75, 3.05) is 26.2 Å². The molecule has 0 aromatic heterocycles. The van der Waals surface area contributed by atoms with E-state index in [9.17, 15) is 8.42 Å². The van der Waals surface area contributed by atoms with Crippen molar-refractivity contribution in [1.82, 2.24) is 9.21 Å². The summed E-state index contributed by atoms with van der Waals surface area (Å²) in [5.74, 6) is 0. The lowest BCUT2D eigenvalue weighted by atomic mass is 10.1. The van der Waals surface area contributed by atoms with Crippen LogP contribution in [0.25, 0.3) is 0 Å². The molecule has 2 heterocycles. The molecule has 0 atom stereocenters. The van der Waals surface area contributed by atoms with Gasteiger partial charge in [0.05, 0.1) is 5.02 Å². The zero-order chi connectivity index (χ0) is 15.7. The molecule has 3 rings (SSSR count). The Morgan fingerprint density at radius 3 is 2.32 bits per heavy atom. The van der Waals surface area contributed by atoms with E-state index in [-0.39, 0.29) is 9.92 Å². The molecule has 0 bridgehead atoms. The number of hydrogen-bond donors (Lipinski definition) is 0. The monoisotopic (exact) mass is 406 g/mol. The summed E-state index contributed by atoms with van der Waals surface area (Å²) in [5.41, 5.74) is 0. The van der Waals surface area contributed by atoms with Gasteiger partial charge in [-0.15, -0.1) is 0 Å². The Morgan fingerprint density at radius 1 is 1.09 bits per heavy atom. The second-order valence-corrected chi connectivity index (χ2v) is 9.18. The number of sulfonamides is 1. The van der Waals surface area contributed by atoms with E-state index in [1.807, 2.05) is 0 Å². The molecular weight excluding hydrogens is 388 g/mol. The van der Waals surface area contributed by atoms with Crippen molar-refractivity contribution in [3.8, 4) is 0 Å². The summed E-state index contributed by atoms with van der Waals surface area (Å²) in [6.07, 6.45) is 4.36. The maximum atomic E-state index is 12.8. The highest BCUT2D eigenvalue weighted by Crippen LogP contribution is 2.30. The summed E-state index contributed by atoms with van der Waals surface area (Å²) in [4.78, 5) is 2.72. The van der Waals surface area contributed by atoms with E-state index in [1.165, 1.54) is 12.8 Å². The molecule has 2 saturated heterocycles. The predicted octanol–water partition coefficient (Wildman–Crippen LogP) is 3.35. The third-order valence-corrected chi connectivity index (χ3v) is 7.47. The van der Waals surface area contributed by atoms with Crippen molar-refractivity contribution in [1.29, 1.82) is 0 Å². The van der Waals surface area contributed by atoms with Gasteiger partial charge in [0.1, 0.15) is 4.90 Å². The maximum absolute atomic E-state index is 12.8. The van der Waals surface area contributed by atoms with E-state index in [4.69, 9.17) is 11.6 Å². The van der Waals surface area contributed by atoms with Crippen LogP contribution in [0.1, 0.15) is 25.7 Å². The van der Waals surface area contributed by atoms with Crippen LogP contribution < -0.4 is 0 Å². The summed E-state index contributed by atoms with van der Waals surface area (Å²) < 4.78 is 27.9. The van der Waals surface area contributed by atoms with Crippen molar-refractivity contribution >= 4 is 37.6 Å². The molecule has 0 saturated carbocycles. The van der Waals surface area contributed by atoms with Crippen LogP contribution in [0.3, 0.4) is 0 Å². The Hall–Kier alpha value is -0.140. The minimum Gasteiger partial charge on any atom is -0.300 e. The number of hydrogen-bond acceptors (Lipinski definition) is 3. The van der Waals surface area contributed by atoms with E-state index in [0.717, 1.165) is 30.4 Å². The third-order valence-electron chi connectivity index (χ3n) is 4.59. The smallest absolute Gasteiger partial charge is 0.244 e. The average Bonchev–Trinajstić information content (AvgIpc) is 3.01. The van der Waals surface area contributed by atoms with E-state index >= 15 is 0 Å². The van der Waals surface area contributed by atoms with Gasteiger partial charge in [0.2, 0.25) is 10.0 Å². The summed E-state index contributed by atoms with van der Waals surface area (Å²) in [7, 11) is -3.49. The number of likely N-dealkylation sites (tertiary alicyclic amines) is 1. The first-order chi connectivity index (χ1) is 10.5. The summed E-state index contributed by atoms with van der Waals surface area (Å²) in [6, 6.07) is 5.46. The zero-order valence-electron chi connectivity index (χ0n) is 12.3. The van der Waals surface area contributed by atoms with Gasteiger partial charge < -0.3 is 4.90 Å². The number of rotatable bonds is 3. The fourth-order valence-corrected chi connectivity index (χ4v) is 5.86. The lowest BCUT2D eigenvalue weighted by Crippen LogP contribution is -2.45. The van der Waals surface area contributed by atoms with Crippen molar-refractivity contribution in [2.24, 2.45) is 0 Å². The van der Waals surface area contributed by atoms with E-state index in [2.05, 4.69) is 20.8 Å². The van der Waals surface area contributed by atoms with Crippen molar-refractivity contribution in [3.63, 3.8) is 0 Å². The Morgan fingerprint density at radius 2 is 1.73 bits per heavy atom. The van der Waals surface area contributed by atoms with Gasteiger partial charge in [0.25, 0.3) is 0 Å². The van der Waals surface area contributed by atoms with Crippen LogP contribution in [0.5, 0.6) is 0 Å². The number of halogens is 2. The molecule has 2 fully saturated rings. The Bertz CT molecular complexity index is 639. The average molecular weight is 408 g/mol. The van der Waals surface area contributed by atoms with Crippen LogP contribution in [0.4, 0.5) is 0 Å². The predicted molar refractivity (Wildman–Crippen MR) is 91.7 cm³/mol. The second-order valence-electron chi connectivity index (χ2n) is 5.95. The molecule has 122 valence electrons. The fraction of sp³-hybridized carbons (Fsp3) is 0.600. The van der Waals surface area contributed by atoms with Crippen molar-refractivity contribution in [3.05, 3.63) is 27.7 Å². The quantitative estimate of drug-likeness (QED) is 0.771. The molecule has 0 radical (unpaired) electrons. The molecule has 0 spiro atoms. The molecule has 1 aromatic carbocycles. The molecular formula is C15H20BrClN2O2S. The lowest BCUT2D eigenvalue weighted by Gasteiger charge is -2.36. The zero-order valence-corrected chi connectivity index (χ0v) is 15.5. The van der Waals surface area contributed by atoms with E-state index in [0.29, 0.717) is 19.1 Å². The van der Waals surface area contributed by atoms with Crippen LogP contribution in [-0.4, -0.2) is 49.8 Å². The van der Waals surface area contributed by atoms with E-state index < -0.39 is 10.0 Å². The molecule has 0 aliphatic carbocycles. The highest BCUT2D eigenvalue weighted by molar-refractivity contribution is 9.10. The van der Waals surface area contributed by atoms with Gasteiger partial charge in [-0.05, 0) is 57.0 Å². The maximum Gasteiger partial charge on any atom is 0.244 e. The van der Waals surface area contributed by atoms with Crippen LogP contribution >= 0.6 is 27.5 Å². The van der Waals surface area contributed by atoms with Gasteiger partial charge in [-0.3, -0.25) is 0 Å². The summed E-state index contributed by atoms with van der Waals surface area (Å²) in [6.45, 7) is 3.48. The number of benzene rings is 1. The van der Waals surface area contributed by atoms with Gasteiger partial charge in [-0.25, -0.2) is 8.42 Å². The van der Waals surface area contributed by atoms with Crippen molar-refractivity contribution in [2.45, 2.75) is 36.6 Å². The fourth-order valence-electron chi connectivity index (χ4n) is 3.38. The Labute approximate surface area is 145 Å². The molecule has 2 aliphatic rings. The first-order valence-electron chi connectivity index (χ1n) is 7.68. The van der Waals surface area contributed by atoms with Gasteiger partial charge in [-0.2, -0.15) is 4.31 Å². The Kier molecular flexibility index (Phi) is 5.14. The van der Waals surface area contributed by atoms with Gasteiger partial charge in [-0.1, -0.05) is 27.5 Å². The lowest BCUT2D eigenvalue weighted by molar-refractivity contribution is 0.168. The van der Waals surface area contributed by atoms with Gasteiger partial charge in [0, 0.05) is 23.6 Å². The van der Waals surface area contributed by atoms with Gasteiger partial charge in [0.15, 0.2) is 0 Å². The number of piperidine rings is 1. The van der Waals surface area contributed by atoms with Crippen LogP contribution in [-0.2, 0) is 10.0 Å². The first-order valence-corrected chi connectivity index (χ1v) is 10.3. The minimum atomic E-state index is -3.49. The topological polar surface area (TPSA) is 40.6 Å². The minimum absolute atomic E-state index is 0.206. The van der Waals surface area contributed by atoms with Crippen LogP contribution in [0.15, 0.2) is 27.6 Å². The molecule has 22 heavy (non-hydrogen) atoms. The molecule has 4 nitrogen and oxygen atoms in total. The molecule has 0 amide bonds. The first kappa shape index (κ1) is 16.7. The SMILES string of the molecule is O=S(=O)(c1ccc(Br)cc1Cl)N1CCC(N2CCCC2)CC1. The molecule has 7 heteroatoms. The molecule has 0 unspecified atom stereocenters. The third kappa shape index (κ3) is 3.36. The van der Waals surface area contributed by atoms with Crippen molar-refractivity contribution < 1.29 is 8.42 Å². The molecule has 2 aliphatic heterocycles. The van der Waals surface area contributed by atoms with Gasteiger partial charge >= 0.3 is 0 Å². The standard InChI is InChI=1S/C15H20BrClN2O2S/c16-12-3-4-15(14(17)11-12)22(20,21)19-9-5-13(6-10-19)18-7-1-2-8-18/h3-4,11,13H,1-2,5-10H2.